The van der Waals surface area contributed by atoms with Gasteiger partial charge in [-0.2, -0.15) is 0 Å². The molecule has 0 atom stereocenters. The summed E-state index contributed by atoms with van der Waals surface area (Å²) in [6, 6.07) is 0. The molecular formula is C12H23NO. The van der Waals surface area contributed by atoms with Gasteiger partial charge in [-0.05, 0) is 25.5 Å². The number of allylic oxidation sites excluding steroid dienone is 1. The molecule has 2 nitrogen and oxygen atoms in total. The summed E-state index contributed by atoms with van der Waals surface area (Å²) in [6.07, 6.45) is 7.43. The van der Waals surface area contributed by atoms with E-state index >= 15 is 0 Å². The number of rotatable bonds is 5. The second kappa shape index (κ2) is 6.88. The first-order valence-corrected chi connectivity index (χ1v) is 5.88. The van der Waals surface area contributed by atoms with Crippen molar-refractivity contribution in [3.8, 4) is 0 Å². The summed E-state index contributed by atoms with van der Waals surface area (Å²) in [5.41, 5.74) is 1.59. The van der Waals surface area contributed by atoms with Gasteiger partial charge in [-0.3, -0.25) is 0 Å². The Kier molecular flexibility index (Phi) is 5.69. The van der Waals surface area contributed by atoms with Crippen molar-refractivity contribution < 1.29 is 4.74 Å². The Labute approximate surface area is 87.9 Å². The van der Waals surface area contributed by atoms with E-state index in [0.717, 1.165) is 26.3 Å². The maximum atomic E-state index is 5.33. The molecule has 0 aromatic carbocycles. The van der Waals surface area contributed by atoms with Crippen LogP contribution >= 0.6 is 0 Å². The van der Waals surface area contributed by atoms with Crippen molar-refractivity contribution in [3.63, 3.8) is 0 Å². The lowest BCUT2D eigenvalue weighted by molar-refractivity contribution is 0.0589. The molecule has 0 aromatic rings. The van der Waals surface area contributed by atoms with Crippen LogP contribution in [0.2, 0.25) is 0 Å². The molecule has 0 spiro atoms. The minimum Gasteiger partial charge on any atom is -0.378 e. The molecule has 1 aliphatic rings. The van der Waals surface area contributed by atoms with Crippen LogP contribution < -0.4 is 0 Å². The lowest BCUT2D eigenvalue weighted by atomic mass is 10.1. The van der Waals surface area contributed by atoms with Crippen LogP contribution in [-0.4, -0.2) is 31.2 Å². The lowest BCUT2D eigenvalue weighted by Gasteiger charge is -2.26. The molecule has 2 heteroatoms. The van der Waals surface area contributed by atoms with Crippen molar-refractivity contribution in [2.45, 2.75) is 39.5 Å². The highest BCUT2D eigenvalue weighted by Crippen LogP contribution is 2.13. The van der Waals surface area contributed by atoms with Gasteiger partial charge in [-0.15, -0.1) is 0 Å². The molecule has 1 rings (SSSR count). The Balaban J connectivity index is 2.35. The Hall–Kier alpha value is -0.500. The molecule has 1 heterocycles. The molecule has 82 valence electrons. The number of ether oxygens (including phenoxy) is 1. The second-order valence-corrected chi connectivity index (χ2v) is 3.89. The maximum absolute atomic E-state index is 5.33. The van der Waals surface area contributed by atoms with Crippen LogP contribution in [0.1, 0.15) is 39.5 Å². The summed E-state index contributed by atoms with van der Waals surface area (Å²) >= 11 is 0. The van der Waals surface area contributed by atoms with Crippen LogP contribution in [0.15, 0.2) is 11.8 Å². The fraction of sp³-hybridized carbons (Fsp3) is 0.833. The standard InChI is InChI=1S/C12H23NO/c1-3-5-6-12(4-2)11-13-7-9-14-10-8-13/h11H,3-10H2,1-2H3. The van der Waals surface area contributed by atoms with Gasteiger partial charge in [0.1, 0.15) is 0 Å². The third-order valence-corrected chi connectivity index (χ3v) is 2.72. The molecule has 0 aromatic heterocycles. The number of hydrogen-bond acceptors (Lipinski definition) is 2. The van der Waals surface area contributed by atoms with Crippen LogP contribution in [0.25, 0.3) is 0 Å². The van der Waals surface area contributed by atoms with Crippen molar-refractivity contribution in [2.24, 2.45) is 0 Å². The fourth-order valence-corrected chi connectivity index (χ4v) is 1.70. The summed E-state index contributed by atoms with van der Waals surface area (Å²) in [7, 11) is 0. The zero-order valence-corrected chi connectivity index (χ0v) is 9.59. The van der Waals surface area contributed by atoms with Crippen molar-refractivity contribution in [2.75, 3.05) is 26.3 Å². The Morgan fingerprint density at radius 1 is 1.29 bits per heavy atom. The van der Waals surface area contributed by atoms with Crippen molar-refractivity contribution in [3.05, 3.63) is 11.8 Å². The van der Waals surface area contributed by atoms with E-state index in [0.29, 0.717) is 0 Å². The van der Waals surface area contributed by atoms with Gasteiger partial charge >= 0.3 is 0 Å². The summed E-state index contributed by atoms with van der Waals surface area (Å²) in [4.78, 5) is 2.40. The molecule has 0 amide bonds. The average Bonchev–Trinajstić information content (AvgIpc) is 2.25. The number of hydrogen-bond donors (Lipinski definition) is 0. The van der Waals surface area contributed by atoms with Gasteiger partial charge in [0.25, 0.3) is 0 Å². The predicted molar refractivity (Wildman–Crippen MR) is 60.3 cm³/mol. The van der Waals surface area contributed by atoms with Crippen molar-refractivity contribution in [1.29, 1.82) is 0 Å². The number of unbranched alkanes of at least 4 members (excludes halogenated alkanes) is 1. The third-order valence-electron chi connectivity index (χ3n) is 2.72. The van der Waals surface area contributed by atoms with Crippen LogP contribution in [0.4, 0.5) is 0 Å². The average molecular weight is 197 g/mol. The summed E-state index contributed by atoms with van der Waals surface area (Å²) < 4.78 is 5.33. The smallest absolute Gasteiger partial charge is 0.0642 e. The summed E-state index contributed by atoms with van der Waals surface area (Å²) in [5, 5.41) is 0. The van der Waals surface area contributed by atoms with Gasteiger partial charge in [0.05, 0.1) is 13.2 Å². The second-order valence-electron chi connectivity index (χ2n) is 3.89. The predicted octanol–water partition coefficient (Wildman–Crippen LogP) is 2.80. The monoisotopic (exact) mass is 197 g/mol. The zero-order valence-electron chi connectivity index (χ0n) is 9.59. The zero-order chi connectivity index (χ0) is 10.2. The van der Waals surface area contributed by atoms with Gasteiger partial charge in [0, 0.05) is 13.1 Å². The molecule has 1 fully saturated rings. The molecule has 0 aliphatic carbocycles. The molecule has 1 aliphatic heterocycles. The van der Waals surface area contributed by atoms with Crippen LogP contribution in [0.5, 0.6) is 0 Å². The number of nitrogens with zero attached hydrogens (tertiary/aromatic N) is 1. The van der Waals surface area contributed by atoms with Gasteiger partial charge in [0.15, 0.2) is 0 Å². The molecule has 0 radical (unpaired) electrons. The maximum Gasteiger partial charge on any atom is 0.0642 e. The van der Waals surface area contributed by atoms with Gasteiger partial charge < -0.3 is 9.64 Å². The topological polar surface area (TPSA) is 12.5 Å². The summed E-state index contributed by atoms with van der Waals surface area (Å²) in [6.45, 7) is 8.41. The lowest BCUT2D eigenvalue weighted by Crippen LogP contribution is -2.32. The van der Waals surface area contributed by atoms with Crippen LogP contribution in [0, 0.1) is 0 Å². The quantitative estimate of drug-likeness (QED) is 0.672. The van der Waals surface area contributed by atoms with Crippen LogP contribution in [-0.2, 0) is 4.74 Å². The highest BCUT2D eigenvalue weighted by molar-refractivity contribution is 5.01. The highest BCUT2D eigenvalue weighted by Gasteiger charge is 2.06. The minimum absolute atomic E-state index is 0.890. The van der Waals surface area contributed by atoms with Gasteiger partial charge in [-0.25, -0.2) is 0 Å². The minimum atomic E-state index is 0.890. The Bertz CT molecular complexity index is 171. The molecule has 0 N–H and O–H groups in total. The SMILES string of the molecule is CCCCC(=CN1CCOCC1)CC. The molecule has 0 bridgehead atoms. The van der Waals surface area contributed by atoms with Crippen molar-refractivity contribution >= 4 is 0 Å². The van der Waals surface area contributed by atoms with E-state index < -0.39 is 0 Å². The Morgan fingerprint density at radius 2 is 2.00 bits per heavy atom. The van der Waals surface area contributed by atoms with Gasteiger partial charge in [0.2, 0.25) is 0 Å². The summed E-state index contributed by atoms with van der Waals surface area (Å²) in [5.74, 6) is 0. The van der Waals surface area contributed by atoms with Crippen LogP contribution in [0.3, 0.4) is 0 Å². The van der Waals surface area contributed by atoms with E-state index in [1.165, 1.54) is 25.7 Å². The van der Waals surface area contributed by atoms with E-state index in [9.17, 15) is 0 Å². The normalized spacial score (nSPS) is 18.7. The fourth-order valence-electron chi connectivity index (χ4n) is 1.70. The van der Waals surface area contributed by atoms with Gasteiger partial charge in [-0.1, -0.05) is 25.8 Å². The van der Waals surface area contributed by atoms with E-state index in [4.69, 9.17) is 4.74 Å². The highest BCUT2D eigenvalue weighted by atomic mass is 16.5. The first-order valence-electron chi connectivity index (χ1n) is 5.88. The van der Waals surface area contributed by atoms with E-state index in [1.807, 2.05) is 0 Å². The molecule has 1 saturated heterocycles. The number of morpholine rings is 1. The van der Waals surface area contributed by atoms with E-state index in [2.05, 4.69) is 24.9 Å². The largest absolute Gasteiger partial charge is 0.378 e. The van der Waals surface area contributed by atoms with E-state index in [-0.39, 0.29) is 0 Å². The molecule has 0 unspecified atom stereocenters. The Morgan fingerprint density at radius 3 is 2.57 bits per heavy atom. The molecule has 0 saturated carbocycles. The third kappa shape index (κ3) is 4.14. The van der Waals surface area contributed by atoms with E-state index in [1.54, 1.807) is 5.57 Å². The first-order chi connectivity index (χ1) is 6.86. The van der Waals surface area contributed by atoms with Crippen molar-refractivity contribution in [1.82, 2.24) is 4.90 Å². The molecule has 14 heavy (non-hydrogen) atoms. The first kappa shape index (κ1) is 11.6. The molecular weight excluding hydrogens is 174 g/mol.